The van der Waals surface area contributed by atoms with Gasteiger partial charge in [-0.3, -0.25) is 0 Å². The van der Waals surface area contributed by atoms with Crippen LogP contribution in [0.4, 0.5) is 0 Å². The third-order valence-corrected chi connectivity index (χ3v) is 3.15. The maximum atomic E-state index is 9.74. The van der Waals surface area contributed by atoms with E-state index < -0.39 is 0 Å². The number of hydrogen-bond donors (Lipinski definition) is 1. The van der Waals surface area contributed by atoms with Gasteiger partial charge in [-0.1, -0.05) is 46.4 Å². The topological polar surface area (TPSA) is 33.1 Å². The van der Waals surface area contributed by atoms with Crippen molar-refractivity contribution in [3.8, 4) is 16.9 Å². The summed E-state index contributed by atoms with van der Waals surface area (Å²) in [6.07, 6.45) is 1.24. The fourth-order valence-corrected chi connectivity index (χ4v) is 2.60. The predicted octanol–water partition coefficient (Wildman–Crippen LogP) is 5.07. The van der Waals surface area contributed by atoms with Crippen LogP contribution in [0.3, 0.4) is 0 Å². The minimum atomic E-state index is -0.0551. The molecule has 0 fully saturated rings. The van der Waals surface area contributed by atoms with Gasteiger partial charge in [0.15, 0.2) is 0 Å². The van der Waals surface area contributed by atoms with Crippen LogP contribution in [0.2, 0.25) is 20.2 Å². The van der Waals surface area contributed by atoms with Crippen LogP contribution in [-0.4, -0.2) is 10.1 Å². The van der Waals surface area contributed by atoms with Gasteiger partial charge in [0.2, 0.25) is 0 Å². The highest BCUT2D eigenvalue weighted by molar-refractivity contribution is 6.42. The highest BCUT2D eigenvalue weighted by Gasteiger charge is 2.14. The molecule has 1 N–H and O–H groups in total. The molecule has 1 aromatic heterocycles. The average Bonchev–Trinajstić information content (AvgIpc) is 2.21. The Morgan fingerprint density at radius 2 is 1.53 bits per heavy atom. The average molecular weight is 309 g/mol. The zero-order valence-electron chi connectivity index (χ0n) is 8.22. The van der Waals surface area contributed by atoms with Crippen molar-refractivity contribution in [3.05, 3.63) is 44.6 Å². The summed E-state index contributed by atoms with van der Waals surface area (Å²) < 4.78 is 0. The second kappa shape index (κ2) is 4.91. The van der Waals surface area contributed by atoms with Crippen molar-refractivity contribution in [1.82, 2.24) is 4.98 Å². The Kier molecular flexibility index (Phi) is 3.69. The van der Waals surface area contributed by atoms with Gasteiger partial charge in [-0.05, 0) is 18.2 Å². The van der Waals surface area contributed by atoms with Gasteiger partial charge in [0.25, 0.3) is 0 Å². The van der Waals surface area contributed by atoms with E-state index in [1.165, 1.54) is 24.4 Å². The number of pyridine rings is 1. The van der Waals surface area contributed by atoms with Gasteiger partial charge in [0.1, 0.15) is 10.9 Å². The van der Waals surface area contributed by atoms with E-state index in [-0.39, 0.29) is 10.9 Å². The van der Waals surface area contributed by atoms with E-state index in [1.54, 1.807) is 0 Å². The molecule has 0 bridgehead atoms. The molecule has 0 aliphatic heterocycles. The van der Waals surface area contributed by atoms with Crippen LogP contribution in [-0.2, 0) is 0 Å². The smallest absolute Gasteiger partial charge is 0.141 e. The molecule has 88 valence electrons. The lowest BCUT2D eigenvalue weighted by molar-refractivity contribution is 0.475. The van der Waals surface area contributed by atoms with E-state index in [0.717, 1.165) is 0 Å². The lowest BCUT2D eigenvalue weighted by Gasteiger charge is -2.09. The van der Waals surface area contributed by atoms with E-state index in [0.29, 0.717) is 26.2 Å². The summed E-state index contributed by atoms with van der Waals surface area (Å²) in [7, 11) is 0. The normalized spacial score (nSPS) is 10.6. The zero-order chi connectivity index (χ0) is 12.6. The summed E-state index contributed by atoms with van der Waals surface area (Å²) >= 11 is 23.7. The largest absolute Gasteiger partial charge is 0.506 e. The van der Waals surface area contributed by atoms with Crippen molar-refractivity contribution in [2.24, 2.45) is 0 Å². The van der Waals surface area contributed by atoms with Gasteiger partial charge >= 0.3 is 0 Å². The van der Waals surface area contributed by atoms with Crippen LogP contribution >= 0.6 is 46.4 Å². The molecule has 1 heterocycles. The maximum Gasteiger partial charge on any atom is 0.141 e. The molecule has 0 radical (unpaired) electrons. The lowest BCUT2D eigenvalue weighted by atomic mass is 10.1. The molecule has 2 nitrogen and oxygen atoms in total. The van der Waals surface area contributed by atoms with Crippen LogP contribution in [0.15, 0.2) is 24.4 Å². The van der Waals surface area contributed by atoms with Crippen LogP contribution in [0, 0.1) is 0 Å². The van der Waals surface area contributed by atoms with Crippen molar-refractivity contribution in [2.45, 2.75) is 0 Å². The molecule has 0 saturated carbocycles. The predicted molar refractivity (Wildman–Crippen MR) is 71.4 cm³/mol. The molecule has 0 atom stereocenters. The highest BCUT2D eigenvalue weighted by Crippen LogP contribution is 2.41. The third-order valence-electron chi connectivity index (χ3n) is 2.13. The van der Waals surface area contributed by atoms with Gasteiger partial charge in [-0.2, -0.15) is 0 Å². The monoisotopic (exact) mass is 307 g/mol. The molecule has 6 heteroatoms. The molecule has 2 aromatic rings. The lowest BCUT2D eigenvalue weighted by Crippen LogP contribution is -1.85. The summed E-state index contributed by atoms with van der Waals surface area (Å²) in [6.45, 7) is 0. The molecule has 2 rings (SSSR count). The number of rotatable bonds is 1. The van der Waals surface area contributed by atoms with E-state index in [2.05, 4.69) is 4.98 Å². The van der Waals surface area contributed by atoms with E-state index in [1.807, 2.05) is 0 Å². The fraction of sp³-hybridized carbons (Fsp3) is 0. The first kappa shape index (κ1) is 12.8. The van der Waals surface area contributed by atoms with Crippen molar-refractivity contribution in [2.75, 3.05) is 0 Å². The van der Waals surface area contributed by atoms with Crippen LogP contribution in [0.5, 0.6) is 5.75 Å². The Bertz CT molecular complexity index is 563. The Morgan fingerprint density at radius 1 is 0.941 bits per heavy atom. The molecule has 17 heavy (non-hydrogen) atoms. The molecular weight excluding hydrogens is 304 g/mol. The van der Waals surface area contributed by atoms with Crippen molar-refractivity contribution >= 4 is 46.4 Å². The third kappa shape index (κ3) is 2.61. The van der Waals surface area contributed by atoms with Gasteiger partial charge in [0, 0.05) is 16.1 Å². The summed E-state index contributed by atoms with van der Waals surface area (Å²) in [5, 5.41) is 11.1. The molecule has 1 aromatic carbocycles. The molecule has 0 saturated heterocycles. The first-order valence-electron chi connectivity index (χ1n) is 4.48. The molecule has 0 unspecified atom stereocenters. The maximum absolute atomic E-state index is 9.74. The minimum absolute atomic E-state index is 0.0551. The van der Waals surface area contributed by atoms with Crippen molar-refractivity contribution < 1.29 is 5.11 Å². The number of hydrogen-bond acceptors (Lipinski definition) is 2. The van der Waals surface area contributed by atoms with E-state index in [9.17, 15) is 5.11 Å². The van der Waals surface area contributed by atoms with E-state index in [4.69, 9.17) is 46.4 Å². The number of aromatic nitrogens is 1. The van der Waals surface area contributed by atoms with Gasteiger partial charge in [0.05, 0.1) is 16.2 Å². The number of halogens is 4. The molecular formula is C11H5Cl4NO. The second-order valence-corrected chi connectivity index (χ2v) is 4.91. The SMILES string of the molecule is Oc1cnc(Cl)cc1-c1c(Cl)cc(Cl)cc1Cl. The molecule has 0 aliphatic carbocycles. The first-order valence-corrected chi connectivity index (χ1v) is 5.99. The Labute approximate surface area is 118 Å². The zero-order valence-corrected chi connectivity index (χ0v) is 11.2. The van der Waals surface area contributed by atoms with Gasteiger partial charge in [-0.15, -0.1) is 0 Å². The number of aromatic hydroxyl groups is 1. The van der Waals surface area contributed by atoms with Crippen LogP contribution in [0.25, 0.3) is 11.1 Å². The first-order chi connectivity index (χ1) is 7.99. The standard InChI is InChI=1S/C11H5Cl4NO/c12-5-1-7(13)11(8(14)2-5)6-3-10(15)16-4-9(6)17/h1-4,17H. The van der Waals surface area contributed by atoms with Crippen LogP contribution < -0.4 is 0 Å². The van der Waals surface area contributed by atoms with Crippen molar-refractivity contribution in [3.63, 3.8) is 0 Å². The summed E-state index contributed by atoms with van der Waals surface area (Å²) in [4.78, 5) is 3.74. The Hall–Kier alpha value is -0.670. The minimum Gasteiger partial charge on any atom is -0.506 e. The molecule has 0 spiro atoms. The summed E-state index contributed by atoms with van der Waals surface area (Å²) in [5.41, 5.74) is 0.885. The Morgan fingerprint density at radius 3 is 2.12 bits per heavy atom. The molecule has 0 amide bonds. The second-order valence-electron chi connectivity index (χ2n) is 3.27. The van der Waals surface area contributed by atoms with Gasteiger partial charge in [-0.25, -0.2) is 4.98 Å². The number of nitrogens with zero attached hydrogens (tertiary/aromatic N) is 1. The van der Waals surface area contributed by atoms with Crippen LogP contribution in [0.1, 0.15) is 0 Å². The molecule has 0 aliphatic rings. The van der Waals surface area contributed by atoms with Crippen molar-refractivity contribution in [1.29, 1.82) is 0 Å². The number of benzene rings is 1. The fourth-order valence-electron chi connectivity index (χ4n) is 1.42. The van der Waals surface area contributed by atoms with E-state index >= 15 is 0 Å². The summed E-state index contributed by atoms with van der Waals surface area (Å²) in [5.74, 6) is -0.0551. The highest BCUT2D eigenvalue weighted by atomic mass is 35.5. The quantitative estimate of drug-likeness (QED) is 0.746. The summed E-state index contributed by atoms with van der Waals surface area (Å²) in [6, 6.07) is 4.56. The Balaban J connectivity index is 2.72. The van der Waals surface area contributed by atoms with Gasteiger partial charge < -0.3 is 5.11 Å².